The highest BCUT2D eigenvalue weighted by molar-refractivity contribution is 6.34. The molecule has 0 spiro atoms. The molecule has 0 radical (unpaired) electrons. The number of ketones is 1. The molecule has 0 saturated heterocycles. The van der Waals surface area contributed by atoms with Crippen molar-refractivity contribution in [3.8, 4) is 11.5 Å². The zero-order valence-electron chi connectivity index (χ0n) is 11.8. The number of methoxy groups -OCH3 is 2. The Hall–Kier alpha value is -2.26. The number of carbonyl (C=O) groups is 1. The van der Waals surface area contributed by atoms with Crippen LogP contribution in [0.3, 0.4) is 0 Å². The van der Waals surface area contributed by atoms with Crippen LogP contribution in [-0.2, 0) is 0 Å². The van der Waals surface area contributed by atoms with E-state index in [1.54, 1.807) is 50.6 Å². The molecule has 0 amide bonds. The highest BCUT2D eigenvalue weighted by atomic mass is 35.5. The van der Waals surface area contributed by atoms with E-state index in [0.29, 0.717) is 22.1 Å². The highest BCUT2D eigenvalue weighted by Crippen LogP contribution is 2.26. The van der Waals surface area contributed by atoms with Gasteiger partial charge in [0, 0.05) is 17.2 Å². The van der Waals surface area contributed by atoms with Gasteiger partial charge in [0.25, 0.3) is 0 Å². The summed E-state index contributed by atoms with van der Waals surface area (Å²) in [5, 5.41) is 0.439. The molecule has 0 unspecified atom stereocenters. The van der Waals surface area contributed by atoms with Gasteiger partial charge < -0.3 is 9.47 Å². The first kappa shape index (κ1) is 15.1. The number of ether oxygens (including phenoxy) is 2. The topological polar surface area (TPSA) is 35.5 Å². The summed E-state index contributed by atoms with van der Waals surface area (Å²) in [4.78, 5) is 12.1. The van der Waals surface area contributed by atoms with E-state index < -0.39 is 0 Å². The van der Waals surface area contributed by atoms with Crippen molar-refractivity contribution in [1.82, 2.24) is 0 Å². The number of rotatable bonds is 5. The molecule has 0 bridgehead atoms. The van der Waals surface area contributed by atoms with E-state index in [4.69, 9.17) is 21.1 Å². The van der Waals surface area contributed by atoms with Gasteiger partial charge in [0.1, 0.15) is 11.5 Å². The van der Waals surface area contributed by atoms with E-state index in [1.807, 2.05) is 12.1 Å². The first-order valence-corrected chi connectivity index (χ1v) is 6.72. The van der Waals surface area contributed by atoms with Gasteiger partial charge in [-0.25, -0.2) is 0 Å². The molecular weight excluding hydrogens is 288 g/mol. The number of carbonyl (C=O) groups excluding carboxylic acids is 1. The van der Waals surface area contributed by atoms with Crippen LogP contribution in [0.25, 0.3) is 6.08 Å². The van der Waals surface area contributed by atoms with Crippen LogP contribution in [0, 0.1) is 0 Å². The molecule has 21 heavy (non-hydrogen) atoms. The number of halogens is 1. The van der Waals surface area contributed by atoms with Crippen molar-refractivity contribution in [1.29, 1.82) is 0 Å². The molecule has 0 aliphatic rings. The van der Waals surface area contributed by atoms with Crippen LogP contribution < -0.4 is 9.47 Å². The third kappa shape index (κ3) is 3.64. The summed E-state index contributed by atoms with van der Waals surface area (Å²) < 4.78 is 10.4. The Morgan fingerprint density at radius 2 is 1.86 bits per heavy atom. The Morgan fingerprint density at radius 1 is 1.10 bits per heavy atom. The Balaban J connectivity index is 2.25. The lowest BCUT2D eigenvalue weighted by molar-refractivity contribution is 0.104. The zero-order chi connectivity index (χ0) is 15.2. The van der Waals surface area contributed by atoms with Crippen LogP contribution in [-0.4, -0.2) is 20.0 Å². The maximum absolute atomic E-state index is 12.1. The molecule has 0 atom stereocenters. The molecule has 2 aromatic rings. The molecule has 0 aliphatic heterocycles. The fraction of sp³-hybridized carbons (Fsp3) is 0.118. The minimum Gasteiger partial charge on any atom is -0.497 e. The Labute approximate surface area is 128 Å². The molecule has 0 N–H and O–H groups in total. The van der Waals surface area contributed by atoms with Crippen LogP contribution in [0.2, 0.25) is 5.02 Å². The lowest BCUT2D eigenvalue weighted by Crippen LogP contribution is -1.95. The van der Waals surface area contributed by atoms with Crippen molar-refractivity contribution < 1.29 is 14.3 Å². The summed E-state index contributed by atoms with van der Waals surface area (Å²) in [5.41, 5.74) is 1.27. The number of allylic oxidation sites excluding steroid dienone is 1. The van der Waals surface area contributed by atoms with Crippen molar-refractivity contribution in [2.45, 2.75) is 0 Å². The first-order valence-electron chi connectivity index (χ1n) is 6.34. The molecule has 3 nitrogen and oxygen atoms in total. The average molecular weight is 303 g/mol. The largest absolute Gasteiger partial charge is 0.497 e. The summed E-state index contributed by atoms with van der Waals surface area (Å²) in [6.07, 6.45) is 3.18. The quantitative estimate of drug-likeness (QED) is 0.612. The minimum atomic E-state index is -0.154. The lowest BCUT2D eigenvalue weighted by Gasteiger charge is -2.07. The number of hydrogen-bond donors (Lipinski definition) is 0. The Kier molecular flexibility index (Phi) is 5.01. The van der Waals surface area contributed by atoms with E-state index in [9.17, 15) is 4.79 Å². The van der Waals surface area contributed by atoms with Gasteiger partial charge in [-0.1, -0.05) is 23.7 Å². The molecular formula is C17H15ClO3. The Bertz CT molecular complexity index is 677. The summed E-state index contributed by atoms with van der Waals surface area (Å²) >= 11 is 6.00. The first-order chi connectivity index (χ1) is 10.2. The predicted molar refractivity (Wildman–Crippen MR) is 84.4 cm³/mol. The molecule has 0 saturated carbocycles. The number of benzene rings is 2. The van der Waals surface area contributed by atoms with Gasteiger partial charge in [-0.05, 0) is 36.4 Å². The van der Waals surface area contributed by atoms with Crippen molar-refractivity contribution in [2.24, 2.45) is 0 Å². The molecule has 4 heteroatoms. The van der Waals surface area contributed by atoms with Gasteiger partial charge in [0.15, 0.2) is 5.78 Å². The van der Waals surface area contributed by atoms with Crippen LogP contribution >= 0.6 is 11.6 Å². The fourth-order valence-electron chi connectivity index (χ4n) is 1.87. The smallest absolute Gasteiger partial charge is 0.187 e. The summed E-state index contributed by atoms with van der Waals surface area (Å²) in [7, 11) is 3.16. The third-order valence-electron chi connectivity index (χ3n) is 2.99. The Morgan fingerprint density at radius 3 is 2.52 bits per heavy atom. The van der Waals surface area contributed by atoms with Gasteiger partial charge in [0.05, 0.1) is 19.2 Å². The van der Waals surface area contributed by atoms with E-state index in [0.717, 1.165) is 5.56 Å². The molecule has 2 aromatic carbocycles. The van der Waals surface area contributed by atoms with E-state index in [-0.39, 0.29) is 5.78 Å². The maximum atomic E-state index is 12.1. The van der Waals surface area contributed by atoms with E-state index in [2.05, 4.69) is 0 Å². The van der Waals surface area contributed by atoms with Gasteiger partial charge in [-0.3, -0.25) is 4.79 Å². The highest BCUT2D eigenvalue weighted by Gasteiger charge is 2.07. The molecule has 0 aliphatic carbocycles. The van der Waals surface area contributed by atoms with Crippen LogP contribution in [0.1, 0.15) is 15.9 Å². The fourth-order valence-corrected chi connectivity index (χ4v) is 2.10. The van der Waals surface area contributed by atoms with E-state index >= 15 is 0 Å². The second-order valence-corrected chi connectivity index (χ2v) is 4.69. The molecule has 0 heterocycles. The molecule has 0 fully saturated rings. The van der Waals surface area contributed by atoms with E-state index in [1.165, 1.54) is 6.08 Å². The number of hydrogen-bond acceptors (Lipinski definition) is 3. The maximum Gasteiger partial charge on any atom is 0.187 e. The van der Waals surface area contributed by atoms with Gasteiger partial charge >= 0.3 is 0 Å². The lowest BCUT2D eigenvalue weighted by atomic mass is 10.1. The third-order valence-corrected chi connectivity index (χ3v) is 3.32. The van der Waals surface area contributed by atoms with Crippen LogP contribution in [0.5, 0.6) is 11.5 Å². The van der Waals surface area contributed by atoms with Crippen molar-refractivity contribution >= 4 is 23.5 Å². The monoisotopic (exact) mass is 302 g/mol. The second-order valence-electron chi connectivity index (χ2n) is 4.29. The van der Waals surface area contributed by atoms with Crippen molar-refractivity contribution in [2.75, 3.05) is 14.2 Å². The molecule has 108 valence electrons. The summed E-state index contributed by atoms with van der Waals surface area (Å²) in [5.74, 6) is 1.18. The normalized spacial score (nSPS) is 10.6. The average Bonchev–Trinajstić information content (AvgIpc) is 2.52. The summed E-state index contributed by atoms with van der Waals surface area (Å²) in [6, 6.07) is 12.4. The van der Waals surface area contributed by atoms with Crippen LogP contribution in [0.15, 0.2) is 48.5 Å². The van der Waals surface area contributed by atoms with Gasteiger partial charge in [0.2, 0.25) is 0 Å². The SMILES string of the molecule is COc1ccc(/C=C/C(=O)c2ccccc2Cl)c(OC)c1. The second kappa shape index (κ2) is 6.95. The molecule has 0 aromatic heterocycles. The standard InChI is InChI=1S/C17H15ClO3/c1-20-13-9-7-12(17(11-13)21-2)8-10-16(19)14-5-3-4-6-15(14)18/h3-11H,1-2H3/b10-8+. The van der Waals surface area contributed by atoms with Crippen molar-refractivity contribution in [3.05, 3.63) is 64.7 Å². The predicted octanol–water partition coefficient (Wildman–Crippen LogP) is 4.25. The molecule has 2 rings (SSSR count). The van der Waals surface area contributed by atoms with Crippen molar-refractivity contribution in [3.63, 3.8) is 0 Å². The minimum absolute atomic E-state index is 0.154. The summed E-state index contributed by atoms with van der Waals surface area (Å²) in [6.45, 7) is 0. The van der Waals surface area contributed by atoms with Gasteiger partial charge in [-0.15, -0.1) is 0 Å². The van der Waals surface area contributed by atoms with Crippen LogP contribution in [0.4, 0.5) is 0 Å². The van der Waals surface area contributed by atoms with Gasteiger partial charge in [-0.2, -0.15) is 0 Å². The zero-order valence-corrected chi connectivity index (χ0v) is 12.6.